The van der Waals surface area contributed by atoms with Gasteiger partial charge in [-0.05, 0) is 97.1 Å². The first kappa shape index (κ1) is 45.3. The second kappa shape index (κ2) is 17.0. The zero-order valence-electron chi connectivity index (χ0n) is 44.8. The third-order valence-electron chi connectivity index (χ3n) is 17.4. The summed E-state index contributed by atoms with van der Waals surface area (Å²) < 4.78 is 27.4. The largest absolute Gasteiger partial charge is 0.454 e. The number of hydrogen-bond donors (Lipinski definition) is 0. The molecular formula is C76H43N5O3. The van der Waals surface area contributed by atoms with Crippen molar-refractivity contribution in [3.05, 3.63) is 261 Å². The van der Waals surface area contributed by atoms with Gasteiger partial charge in [-0.3, -0.25) is 0 Å². The average molecular weight is 1070 g/mol. The van der Waals surface area contributed by atoms with Crippen LogP contribution < -0.4 is 0 Å². The Bertz CT molecular complexity index is 5430. The third kappa shape index (κ3) is 6.36. The van der Waals surface area contributed by atoms with Gasteiger partial charge in [-0.15, -0.1) is 0 Å². The van der Waals surface area contributed by atoms with Crippen LogP contribution in [0.15, 0.2) is 274 Å². The molecule has 0 radical (unpaired) electrons. The number of benzene rings is 12. The van der Waals surface area contributed by atoms with Gasteiger partial charge in [0.05, 0.1) is 44.5 Å². The van der Waals surface area contributed by atoms with E-state index in [1.54, 1.807) is 0 Å². The summed E-state index contributed by atoms with van der Waals surface area (Å²) in [7, 11) is 0. The molecule has 0 saturated carbocycles. The van der Waals surface area contributed by atoms with Crippen molar-refractivity contribution in [2.75, 3.05) is 0 Å². The van der Waals surface area contributed by atoms with E-state index < -0.39 is 0 Å². The predicted octanol–water partition coefficient (Wildman–Crippen LogP) is 20.5. The summed E-state index contributed by atoms with van der Waals surface area (Å²) in [6.07, 6.45) is 0. The predicted molar refractivity (Wildman–Crippen MR) is 343 cm³/mol. The van der Waals surface area contributed by atoms with Crippen LogP contribution in [0.1, 0.15) is 0 Å². The first-order valence-corrected chi connectivity index (χ1v) is 28.4. The summed E-state index contributed by atoms with van der Waals surface area (Å²) in [6, 6.07) is 92.3. The maximum Gasteiger partial charge on any atom is 0.160 e. The van der Waals surface area contributed by atoms with Crippen LogP contribution in [-0.4, -0.2) is 23.7 Å². The van der Waals surface area contributed by atoms with Gasteiger partial charge >= 0.3 is 0 Å². The van der Waals surface area contributed by atoms with Crippen LogP contribution in [0.5, 0.6) is 0 Å². The number of fused-ring (bicyclic) bond motifs is 21. The van der Waals surface area contributed by atoms with E-state index in [2.05, 4.69) is 250 Å². The smallest absolute Gasteiger partial charge is 0.160 e. The van der Waals surface area contributed by atoms with Crippen LogP contribution >= 0.6 is 0 Å². The lowest BCUT2D eigenvalue weighted by Crippen LogP contribution is -2.00. The Hall–Kier alpha value is -11.5. The molecule has 8 heteroatoms. The summed E-state index contributed by atoms with van der Waals surface area (Å²) in [5.74, 6) is 0.594. The normalized spacial score (nSPS) is 12.3. The zero-order chi connectivity index (χ0) is 54.7. The quantitative estimate of drug-likeness (QED) is 0.166. The zero-order valence-corrected chi connectivity index (χ0v) is 44.8. The van der Waals surface area contributed by atoms with Gasteiger partial charge in [0.1, 0.15) is 16.7 Å². The van der Waals surface area contributed by atoms with Gasteiger partial charge in [0.15, 0.2) is 22.6 Å². The lowest BCUT2D eigenvalue weighted by atomic mass is 10.0. The number of nitrogens with zero attached hydrogens (tertiary/aromatic N) is 5. The standard InChI is InChI=1S/C76H43N5O3/c1-7-28-64-50(22-1)56-34-37-59-53-25-4-10-31-67(53)82-73(59)70(56)79(64)47-19-13-16-44(40-47)62-43-63(45-17-14-20-48(41-45)80-65-29-8-2-23-51(65)57-35-38-60-54-26-5-11-32-68(54)83-74(60)71(57)80)78-76(77-62)46-18-15-21-49(42-46)81-66-30-9-3-24-52(66)58-36-39-61-55-27-6-12-33-69(55)84-75(61)72(58)81/h1-43H. The fraction of sp³-hybridized carbons (Fsp3) is 0. The van der Waals surface area contributed by atoms with E-state index in [4.69, 9.17) is 23.2 Å². The molecule has 0 aliphatic heterocycles. The van der Waals surface area contributed by atoms with Gasteiger partial charge in [-0.2, -0.15) is 0 Å². The highest BCUT2D eigenvalue weighted by atomic mass is 16.3. The number of rotatable bonds is 6. The van der Waals surface area contributed by atoms with Crippen molar-refractivity contribution in [3.8, 4) is 51.0 Å². The minimum absolute atomic E-state index is 0.594. The van der Waals surface area contributed by atoms with E-state index in [1.165, 1.54) is 0 Å². The molecule has 0 bridgehead atoms. The van der Waals surface area contributed by atoms with Gasteiger partial charge < -0.3 is 27.0 Å². The van der Waals surface area contributed by atoms with Crippen molar-refractivity contribution in [3.63, 3.8) is 0 Å². The Morgan fingerprint density at radius 2 is 0.548 bits per heavy atom. The minimum atomic E-state index is 0.594. The summed E-state index contributed by atoms with van der Waals surface area (Å²) in [5.41, 5.74) is 18.7. The summed E-state index contributed by atoms with van der Waals surface area (Å²) in [5, 5.41) is 13.3. The highest BCUT2D eigenvalue weighted by Gasteiger charge is 2.24. The molecule has 12 aromatic carbocycles. The van der Waals surface area contributed by atoms with Crippen LogP contribution in [0.4, 0.5) is 0 Å². The molecule has 19 aromatic rings. The molecule has 0 saturated heterocycles. The van der Waals surface area contributed by atoms with E-state index in [0.717, 1.165) is 176 Å². The number of aromatic nitrogens is 5. The molecule has 0 spiro atoms. The monoisotopic (exact) mass is 1070 g/mol. The van der Waals surface area contributed by atoms with E-state index >= 15 is 0 Å². The Kier molecular flexibility index (Phi) is 9.18. The Balaban J connectivity index is 0.839. The maximum absolute atomic E-state index is 6.78. The van der Waals surface area contributed by atoms with Crippen molar-refractivity contribution in [1.82, 2.24) is 23.7 Å². The number of para-hydroxylation sites is 6. The van der Waals surface area contributed by atoms with Crippen LogP contribution in [0.25, 0.3) is 182 Å². The van der Waals surface area contributed by atoms with Gasteiger partial charge in [-0.1, -0.05) is 164 Å². The molecule has 0 aliphatic carbocycles. The highest BCUT2D eigenvalue weighted by Crippen LogP contribution is 2.45. The number of hydrogen-bond acceptors (Lipinski definition) is 5. The fourth-order valence-electron chi connectivity index (χ4n) is 13.8. The molecular weight excluding hydrogens is 1030 g/mol. The summed E-state index contributed by atoms with van der Waals surface area (Å²) >= 11 is 0. The van der Waals surface area contributed by atoms with Crippen LogP contribution in [0.3, 0.4) is 0 Å². The molecule has 0 atom stereocenters. The molecule has 19 rings (SSSR count). The van der Waals surface area contributed by atoms with Crippen LogP contribution in [-0.2, 0) is 0 Å². The SMILES string of the molecule is c1cc(-c2cc(-c3cccc(-n4c5ccccc5c5ccc6c7ccccc7oc6c54)c3)nc(-c3cccc(-n4c5ccccc5c5ccc6c7ccccc7oc6c54)c3)n2)cc(-n2c3ccccc3c3ccc4c5ccccc5oc4c32)c1. The molecule has 7 heterocycles. The second-order valence-corrected chi connectivity index (χ2v) is 22.0. The third-order valence-corrected chi connectivity index (χ3v) is 17.4. The van der Waals surface area contributed by atoms with E-state index in [-0.39, 0.29) is 0 Å². The fourth-order valence-corrected chi connectivity index (χ4v) is 13.8. The molecule has 7 aromatic heterocycles. The first-order valence-electron chi connectivity index (χ1n) is 28.4. The molecule has 0 aliphatic rings. The average Bonchev–Trinajstić information content (AvgIpc) is 2.88. The Morgan fingerprint density at radius 3 is 0.929 bits per heavy atom. The lowest BCUT2D eigenvalue weighted by Gasteiger charge is -2.14. The topological polar surface area (TPSA) is 80.0 Å². The molecule has 0 N–H and O–H groups in total. The molecule has 0 unspecified atom stereocenters. The van der Waals surface area contributed by atoms with Crippen molar-refractivity contribution in [1.29, 1.82) is 0 Å². The van der Waals surface area contributed by atoms with Gasteiger partial charge in [0, 0.05) is 98.4 Å². The van der Waals surface area contributed by atoms with Crippen molar-refractivity contribution in [2.45, 2.75) is 0 Å². The maximum atomic E-state index is 6.78. The minimum Gasteiger partial charge on any atom is -0.454 e. The first-order chi connectivity index (χ1) is 41.6. The van der Waals surface area contributed by atoms with E-state index in [0.29, 0.717) is 5.82 Å². The van der Waals surface area contributed by atoms with Crippen LogP contribution in [0.2, 0.25) is 0 Å². The van der Waals surface area contributed by atoms with Gasteiger partial charge in [-0.25, -0.2) is 9.97 Å². The van der Waals surface area contributed by atoms with Gasteiger partial charge in [0.25, 0.3) is 0 Å². The molecule has 0 fully saturated rings. The number of furan rings is 3. The van der Waals surface area contributed by atoms with E-state index in [9.17, 15) is 0 Å². The highest BCUT2D eigenvalue weighted by molar-refractivity contribution is 6.24. The van der Waals surface area contributed by atoms with Crippen LogP contribution in [0, 0.1) is 0 Å². The molecule has 8 nitrogen and oxygen atoms in total. The van der Waals surface area contributed by atoms with Crippen molar-refractivity contribution >= 4 is 131 Å². The van der Waals surface area contributed by atoms with Gasteiger partial charge in [0.2, 0.25) is 0 Å². The Morgan fingerprint density at radius 1 is 0.238 bits per heavy atom. The summed E-state index contributed by atoms with van der Waals surface area (Å²) in [6.45, 7) is 0. The summed E-state index contributed by atoms with van der Waals surface area (Å²) in [4.78, 5) is 11.2. The second-order valence-electron chi connectivity index (χ2n) is 22.0. The molecule has 84 heavy (non-hydrogen) atoms. The lowest BCUT2D eigenvalue weighted by molar-refractivity contribution is 0.670. The van der Waals surface area contributed by atoms with Crippen molar-refractivity contribution in [2.24, 2.45) is 0 Å². The van der Waals surface area contributed by atoms with E-state index in [1.807, 2.05) is 24.3 Å². The van der Waals surface area contributed by atoms with Crippen molar-refractivity contribution < 1.29 is 13.3 Å². The molecule has 390 valence electrons. The molecule has 0 amide bonds. The Labute approximate surface area is 477 Å².